The molecule has 0 aliphatic heterocycles. The molecular weight excluding hydrogens is 683 g/mol. The molecule has 0 bridgehead atoms. The Bertz CT molecular complexity index is 1540. The molecule has 2 aliphatic carbocycles. The Balaban J connectivity index is 0.00000276. The van der Waals surface area contributed by atoms with Crippen molar-refractivity contribution in [1.82, 2.24) is 0 Å². The van der Waals surface area contributed by atoms with Crippen LogP contribution in [0.5, 0.6) is 0 Å². The van der Waals surface area contributed by atoms with Gasteiger partial charge in [-0.05, 0) is 0 Å². The van der Waals surface area contributed by atoms with E-state index in [-0.39, 0.29) is 24.8 Å². The van der Waals surface area contributed by atoms with Crippen molar-refractivity contribution < 1.29 is 45.2 Å². The van der Waals surface area contributed by atoms with Crippen molar-refractivity contribution in [3.63, 3.8) is 0 Å². The van der Waals surface area contributed by atoms with Crippen LogP contribution in [0, 0.1) is 11.8 Å². The number of halogens is 2. The van der Waals surface area contributed by atoms with Gasteiger partial charge in [-0.2, -0.15) is 0 Å². The van der Waals surface area contributed by atoms with Gasteiger partial charge in [-0.15, -0.1) is 0 Å². The van der Waals surface area contributed by atoms with Crippen LogP contribution in [0.4, 0.5) is 0 Å². The molecule has 0 amide bonds. The molecule has 0 heterocycles. The van der Waals surface area contributed by atoms with Gasteiger partial charge >= 0.3 is 272 Å². The normalized spacial score (nSPS) is 17.3. The molecule has 2 aliphatic rings. The van der Waals surface area contributed by atoms with Gasteiger partial charge in [-0.3, -0.25) is 0 Å². The fraction of sp³-hybridized carbons (Fsp3) is 0.366. The van der Waals surface area contributed by atoms with E-state index < -0.39 is 25.8 Å². The minimum atomic E-state index is -2.42. The molecule has 0 spiro atoms. The summed E-state index contributed by atoms with van der Waals surface area (Å²) >= 11 is -2.42. The number of benzene rings is 3. The fourth-order valence-electron chi connectivity index (χ4n) is 7.43. The summed E-state index contributed by atoms with van der Waals surface area (Å²) in [6.07, 6.45) is 12.2. The minimum absolute atomic E-state index is 0. The molecule has 2 atom stereocenters. The largest absolute Gasteiger partial charge is 1.00 e. The van der Waals surface area contributed by atoms with Crippen LogP contribution in [0.3, 0.4) is 0 Å². The van der Waals surface area contributed by atoms with Crippen LogP contribution >= 0.6 is 0 Å². The molecule has 45 heavy (non-hydrogen) atoms. The molecule has 0 aromatic heterocycles. The number of hydrogen-bond donors (Lipinski definition) is 0. The summed E-state index contributed by atoms with van der Waals surface area (Å²) in [7, 11) is 0. The average molecular weight is 733 g/mol. The zero-order valence-corrected chi connectivity index (χ0v) is 33.3. The molecule has 4 heteroatoms. The summed E-state index contributed by atoms with van der Waals surface area (Å²) in [6.45, 7) is 17.0. The molecule has 5 rings (SSSR count). The summed E-state index contributed by atoms with van der Waals surface area (Å²) in [5.41, 5.74) is 11.5. The van der Waals surface area contributed by atoms with Crippen LogP contribution in [0.2, 0.25) is 6.55 Å². The van der Waals surface area contributed by atoms with Crippen LogP contribution in [-0.2, 0) is 33.2 Å². The van der Waals surface area contributed by atoms with Crippen LogP contribution in [0.15, 0.2) is 109 Å². The molecular formula is C41H50Cl2SiZr. The van der Waals surface area contributed by atoms with Crippen LogP contribution < -0.4 is 30.0 Å². The molecule has 0 saturated heterocycles. The van der Waals surface area contributed by atoms with Gasteiger partial charge in [0.25, 0.3) is 0 Å². The second-order valence-electron chi connectivity index (χ2n) is 12.2. The van der Waals surface area contributed by atoms with Gasteiger partial charge in [-0.25, -0.2) is 0 Å². The summed E-state index contributed by atoms with van der Waals surface area (Å²) in [5, 5.41) is 1.64. The van der Waals surface area contributed by atoms with Crippen molar-refractivity contribution >= 4 is 21.8 Å². The van der Waals surface area contributed by atoms with Gasteiger partial charge in [0.15, 0.2) is 0 Å². The van der Waals surface area contributed by atoms with E-state index in [1.54, 1.807) is 27.5 Å². The van der Waals surface area contributed by atoms with Crippen molar-refractivity contribution in [1.29, 1.82) is 0 Å². The van der Waals surface area contributed by atoms with Crippen molar-refractivity contribution in [2.45, 2.75) is 86.6 Å². The van der Waals surface area contributed by atoms with Crippen molar-refractivity contribution in [3.05, 3.63) is 131 Å². The third-order valence-electron chi connectivity index (χ3n) is 9.78. The van der Waals surface area contributed by atoms with Gasteiger partial charge in [0, 0.05) is 0 Å². The first-order valence-corrected chi connectivity index (χ1v) is 25.0. The molecule has 0 nitrogen and oxygen atoms in total. The molecule has 0 saturated carbocycles. The molecule has 0 radical (unpaired) electrons. The molecule has 2 unspecified atom stereocenters. The Morgan fingerprint density at radius 2 is 1.00 bits per heavy atom. The molecule has 0 N–H and O–H groups in total. The van der Waals surface area contributed by atoms with E-state index in [1.165, 1.54) is 35.1 Å². The van der Waals surface area contributed by atoms with Gasteiger partial charge in [0.05, 0.1) is 0 Å². The monoisotopic (exact) mass is 730 g/mol. The zero-order chi connectivity index (χ0) is 30.5. The Morgan fingerprint density at radius 3 is 1.38 bits per heavy atom. The minimum Gasteiger partial charge on any atom is -1.00 e. The first-order chi connectivity index (χ1) is 21.0. The molecule has 236 valence electrons. The summed E-state index contributed by atoms with van der Waals surface area (Å²) < 4.78 is 3.86. The average Bonchev–Trinajstić information content (AvgIpc) is 3.63. The second-order valence-corrected chi connectivity index (χ2v) is 27.0. The Morgan fingerprint density at radius 1 is 0.556 bits per heavy atom. The topological polar surface area (TPSA) is 0 Å². The van der Waals surface area contributed by atoms with Gasteiger partial charge in [0.2, 0.25) is 0 Å². The van der Waals surface area contributed by atoms with Crippen molar-refractivity contribution in [3.8, 4) is 0 Å². The van der Waals surface area contributed by atoms with E-state index in [1.807, 2.05) is 6.56 Å². The smallest absolute Gasteiger partial charge is 1.00 e. The standard InChI is InChI=1S/2C17H21.C7H8Si.2ClH.Zr/c2*1-4-13-8-7-9-16(10-13)17-12-14(5-2)11-15(17)6-3;1-8-7-5-3-2-4-6-7;;;/h2*7-10,12,14H,4-6H2,1-3H3;2-6H,1H3;2*1H;/q;;;;;+2/p-2. The van der Waals surface area contributed by atoms with E-state index in [9.17, 15) is 0 Å². The molecule has 3 aromatic rings. The van der Waals surface area contributed by atoms with E-state index >= 15 is 0 Å². The Kier molecular flexibility index (Phi) is 14.6. The van der Waals surface area contributed by atoms with E-state index in [0.29, 0.717) is 11.8 Å². The summed E-state index contributed by atoms with van der Waals surface area (Å²) in [4.78, 5) is 0. The number of allylic oxidation sites excluding steroid dienone is 8. The van der Waals surface area contributed by atoms with Gasteiger partial charge in [0.1, 0.15) is 0 Å². The maximum absolute atomic E-state index is 2.70. The van der Waals surface area contributed by atoms with Crippen molar-refractivity contribution in [2.24, 2.45) is 11.8 Å². The first-order valence-electron chi connectivity index (χ1n) is 16.8. The molecule has 0 fully saturated rings. The summed E-state index contributed by atoms with van der Waals surface area (Å²) in [5.74, 6) is 1.15. The maximum Gasteiger partial charge on any atom is -1.00 e. The van der Waals surface area contributed by atoms with Crippen LogP contribution in [-0.4, -0.2) is 5.43 Å². The Hall–Kier alpha value is -1.70. The van der Waals surface area contributed by atoms with Crippen LogP contribution in [0.1, 0.15) is 89.5 Å². The summed E-state index contributed by atoms with van der Waals surface area (Å²) in [6, 6.07) is 30.5. The van der Waals surface area contributed by atoms with Gasteiger partial charge in [-0.1, -0.05) is 0 Å². The van der Waals surface area contributed by atoms with Gasteiger partial charge < -0.3 is 24.8 Å². The predicted molar refractivity (Wildman–Crippen MR) is 187 cm³/mol. The maximum atomic E-state index is 2.70. The predicted octanol–water partition coefficient (Wildman–Crippen LogP) is 4.84. The number of aryl methyl sites for hydroxylation is 2. The molecule has 3 aromatic carbocycles. The first kappa shape index (κ1) is 37.8. The second kappa shape index (κ2) is 17.5. The number of rotatable bonds is 11. The van der Waals surface area contributed by atoms with E-state index in [4.69, 9.17) is 0 Å². The Labute approximate surface area is 294 Å². The quantitative estimate of drug-likeness (QED) is 0.248. The van der Waals surface area contributed by atoms with E-state index in [0.717, 1.165) is 25.7 Å². The van der Waals surface area contributed by atoms with Crippen LogP contribution in [0.25, 0.3) is 11.1 Å². The van der Waals surface area contributed by atoms with Crippen molar-refractivity contribution in [2.75, 3.05) is 0 Å². The number of hydrogen-bond acceptors (Lipinski definition) is 0. The third kappa shape index (κ3) is 7.73. The third-order valence-corrected chi connectivity index (χ3v) is 28.5. The fourth-order valence-corrected chi connectivity index (χ4v) is 29.5. The zero-order valence-electron chi connectivity index (χ0n) is 28.3. The van der Waals surface area contributed by atoms with E-state index in [2.05, 4.69) is 139 Å². The SMILES string of the molecule is CCC1=[C]([Zr+2]([C]2=C(CC)C(c3cccc(CC)c3)=CC2CC)=[Si](C)c2ccccc2)C(CC)C=C1c1cccc(CC)c1.[Cl-].[Cl-].